The zero-order valence-electron chi connectivity index (χ0n) is 17.5. The molecule has 1 fully saturated rings. The Morgan fingerprint density at radius 2 is 1.79 bits per heavy atom. The van der Waals surface area contributed by atoms with Crippen LogP contribution in [0.2, 0.25) is 0 Å². The van der Waals surface area contributed by atoms with Crippen molar-refractivity contribution in [2.75, 3.05) is 18.9 Å². The molecule has 6 nitrogen and oxygen atoms in total. The Hall–Kier alpha value is -2.02. The van der Waals surface area contributed by atoms with Crippen molar-refractivity contribution in [1.29, 1.82) is 0 Å². The molecule has 1 aliphatic rings. The predicted octanol–water partition coefficient (Wildman–Crippen LogP) is 3.70. The number of piperidine rings is 1. The van der Waals surface area contributed by atoms with Crippen LogP contribution in [0, 0.1) is 5.92 Å². The van der Waals surface area contributed by atoms with Gasteiger partial charge >= 0.3 is 0 Å². The summed E-state index contributed by atoms with van der Waals surface area (Å²) in [7, 11) is 0. The summed E-state index contributed by atoms with van der Waals surface area (Å²) in [6.07, 6.45) is 2.15. The van der Waals surface area contributed by atoms with Crippen LogP contribution in [-0.2, 0) is 10.2 Å². The molecule has 1 saturated heterocycles. The van der Waals surface area contributed by atoms with Gasteiger partial charge in [0.05, 0.1) is 5.25 Å². The number of likely N-dealkylation sites (tertiary alicyclic amines) is 1. The van der Waals surface area contributed by atoms with Gasteiger partial charge in [0.25, 0.3) is 0 Å². The summed E-state index contributed by atoms with van der Waals surface area (Å²) in [5, 5.41) is 8.79. The van der Waals surface area contributed by atoms with Gasteiger partial charge in [0.15, 0.2) is 5.82 Å². The summed E-state index contributed by atoms with van der Waals surface area (Å²) < 4.78 is 1.48. The lowest BCUT2D eigenvalue weighted by Gasteiger charge is -2.31. The van der Waals surface area contributed by atoms with Crippen LogP contribution in [0.5, 0.6) is 0 Å². The first-order valence-corrected chi connectivity index (χ1v) is 10.8. The van der Waals surface area contributed by atoms with E-state index in [1.54, 1.807) is 0 Å². The Morgan fingerprint density at radius 3 is 2.36 bits per heavy atom. The lowest BCUT2D eigenvalue weighted by molar-refractivity contribution is -0.131. The van der Waals surface area contributed by atoms with Crippen molar-refractivity contribution < 1.29 is 4.79 Å². The fourth-order valence-electron chi connectivity index (χ4n) is 3.37. The number of thioether (sulfide) groups is 1. The molecule has 1 aromatic heterocycles. The van der Waals surface area contributed by atoms with Gasteiger partial charge in [0, 0.05) is 18.7 Å². The summed E-state index contributed by atoms with van der Waals surface area (Å²) in [6.45, 7) is 12.4. The molecule has 28 heavy (non-hydrogen) atoms. The number of hydrogen-bond acceptors (Lipinski definition) is 5. The second-order valence-corrected chi connectivity index (χ2v) is 10.1. The van der Waals surface area contributed by atoms with Crippen molar-refractivity contribution in [3.05, 3.63) is 29.8 Å². The summed E-state index contributed by atoms with van der Waals surface area (Å²) in [4.78, 5) is 14.7. The minimum atomic E-state index is -0.240. The van der Waals surface area contributed by atoms with Crippen molar-refractivity contribution >= 4 is 17.7 Å². The van der Waals surface area contributed by atoms with Crippen molar-refractivity contribution in [1.82, 2.24) is 19.8 Å². The second kappa shape index (κ2) is 8.15. The Balaban J connectivity index is 1.70. The van der Waals surface area contributed by atoms with Gasteiger partial charge in [-0.2, -0.15) is 0 Å². The minimum Gasteiger partial charge on any atom is -0.342 e. The lowest BCUT2D eigenvalue weighted by atomic mass is 9.87. The highest BCUT2D eigenvalue weighted by Gasteiger charge is 2.27. The fraction of sp³-hybridized carbons (Fsp3) is 0.571. The molecule has 1 atom stereocenters. The van der Waals surface area contributed by atoms with E-state index in [0.717, 1.165) is 31.5 Å². The molecule has 2 heterocycles. The zero-order valence-corrected chi connectivity index (χ0v) is 18.3. The third kappa shape index (κ3) is 4.51. The van der Waals surface area contributed by atoms with Crippen molar-refractivity contribution in [2.24, 2.45) is 5.92 Å². The highest BCUT2D eigenvalue weighted by Crippen LogP contribution is 2.29. The third-order valence-electron chi connectivity index (χ3n) is 5.40. The van der Waals surface area contributed by atoms with Crippen LogP contribution < -0.4 is 5.84 Å². The number of nitrogens with two attached hydrogens (primary N) is 1. The number of nitrogen functional groups attached to an aromatic ring is 1. The number of amides is 1. The molecule has 1 aliphatic heterocycles. The van der Waals surface area contributed by atoms with Gasteiger partial charge in [-0.05, 0) is 36.7 Å². The first-order valence-electron chi connectivity index (χ1n) is 9.93. The number of carbonyl (C=O) groups is 1. The van der Waals surface area contributed by atoms with Crippen LogP contribution in [0.1, 0.15) is 53.0 Å². The number of rotatable bonds is 4. The molecule has 0 saturated carbocycles. The van der Waals surface area contributed by atoms with E-state index in [-0.39, 0.29) is 16.6 Å². The smallest absolute Gasteiger partial charge is 0.235 e. The summed E-state index contributed by atoms with van der Waals surface area (Å²) >= 11 is 1.37. The molecule has 1 aromatic carbocycles. The van der Waals surface area contributed by atoms with Gasteiger partial charge in [-0.25, -0.2) is 4.68 Å². The highest BCUT2D eigenvalue weighted by atomic mass is 32.2. The summed E-state index contributed by atoms with van der Waals surface area (Å²) in [6, 6.07) is 8.23. The average molecular weight is 402 g/mol. The minimum absolute atomic E-state index is 0.0952. The van der Waals surface area contributed by atoms with Crippen molar-refractivity contribution in [3.63, 3.8) is 0 Å². The molecule has 1 unspecified atom stereocenters. The highest BCUT2D eigenvalue weighted by molar-refractivity contribution is 8.00. The Labute approximate surface area is 171 Å². The quantitative estimate of drug-likeness (QED) is 0.624. The molecular weight excluding hydrogens is 370 g/mol. The SMILES string of the molecule is CC1CCN(C(=O)C(C)Sc2nnc(-c3ccc(C(C)(C)C)cc3)n2N)CC1. The maximum atomic E-state index is 12.7. The topological polar surface area (TPSA) is 77.0 Å². The fourth-order valence-corrected chi connectivity index (χ4v) is 4.22. The Kier molecular flexibility index (Phi) is 6.03. The number of carbonyl (C=O) groups excluding carboxylic acids is 1. The van der Waals surface area contributed by atoms with E-state index >= 15 is 0 Å². The largest absolute Gasteiger partial charge is 0.342 e. The van der Waals surface area contributed by atoms with Gasteiger partial charge in [0.2, 0.25) is 11.1 Å². The number of aromatic nitrogens is 3. The average Bonchev–Trinajstić information content (AvgIpc) is 3.01. The van der Waals surface area contributed by atoms with E-state index < -0.39 is 0 Å². The number of benzene rings is 1. The van der Waals surface area contributed by atoms with Gasteiger partial charge in [-0.3, -0.25) is 4.79 Å². The molecule has 1 amide bonds. The second-order valence-electron chi connectivity index (χ2n) is 8.77. The van der Waals surface area contributed by atoms with Gasteiger partial charge in [-0.15, -0.1) is 10.2 Å². The maximum absolute atomic E-state index is 12.7. The first-order chi connectivity index (χ1) is 13.2. The number of hydrogen-bond donors (Lipinski definition) is 1. The van der Waals surface area contributed by atoms with E-state index in [4.69, 9.17) is 5.84 Å². The molecular formula is C21H31N5OS. The predicted molar refractivity (Wildman–Crippen MR) is 115 cm³/mol. The van der Waals surface area contributed by atoms with Crippen molar-refractivity contribution in [2.45, 2.75) is 63.3 Å². The lowest BCUT2D eigenvalue weighted by Crippen LogP contribution is -2.41. The van der Waals surface area contributed by atoms with Crippen LogP contribution >= 0.6 is 11.8 Å². The molecule has 0 radical (unpaired) electrons. The van der Waals surface area contributed by atoms with Crippen molar-refractivity contribution in [3.8, 4) is 11.4 Å². The molecule has 0 bridgehead atoms. The number of nitrogens with zero attached hydrogens (tertiary/aromatic N) is 4. The van der Waals surface area contributed by atoms with E-state index in [1.165, 1.54) is 22.0 Å². The molecule has 0 aliphatic carbocycles. The third-order valence-corrected chi connectivity index (χ3v) is 6.44. The first kappa shape index (κ1) is 20.7. The van der Waals surface area contributed by atoms with Crippen LogP contribution in [0.25, 0.3) is 11.4 Å². The molecule has 7 heteroatoms. The van der Waals surface area contributed by atoms with Gasteiger partial charge in [0.1, 0.15) is 0 Å². The van der Waals surface area contributed by atoms with Crippen LogP contribution in [0.15, 0.2) is 29.4 Å². The maximum Gasteiger partial charge on any atom is 0.235 e. The zero-order chi connectivity index (χ0) is 20.5. The molecule has 2 N–H and O–H groups in total. The molecule has 3 rings (SSSR count). The van der Waals surface area contributed by atoms with E-state index in [2.05, 4.69) is 50.0 Å². The standard InChI is InChI=1S/C21H31N5OS/c1-14-10-12-25(13-11-14)19(27)15(2)28-20-24-23-18(26(20)22)16-6-8-17(9-7-16)21(3,4)5/h6-9,14-15H,10-13,22H2,1-5H3. The van der Waals surface area contributed by atoms with Gasteiger partial charge < -0.3 is 10.7 Å². The monoisotopic (exact) mass is 401 g/mol. The molecule has 0 spiro atoms. The summed E-state index contributed by atoms with van der Waals surface area (Å²) in [5.74, 6) is 7.71. The van der Waals surface area contributed by atoms with Crippen LogP contribution in [0.3, 0.4) is 0 Å². The normalized spacial score (nSPS) is 17.0. The van der Waals surface area contributed by atoms with E-state index in [9.17, 15) is 4.79 Å². The Bertz CT molecular complexity index is 816. The van der Waals surface area contributed by atoms with E-state index in [0.29, 0.717) is 16.9 Å². The van der Waals surface area contributed by atoms with Gasteiger partial charge in [-0.1, -0.05) is 63.7 Å². The van der Waals surface area contributed by atoms with Crippen LogP contribution in [0.4, 0.5) is 0 Å². The molecule has 2 aromatic rings. The van der Waals surface area contributed by atoms with Crippen LogP contribution in [-0.4, -0.2) is 44.0 Å². The summed E-state index contributed by atoms with van der Waals surface area (Å²) in [5.41, 5.74) is 2.26. The molecule has 152 valence electrons. The Morgan fingerprint density at radius 1 is 1.18 bits per heavy atom. The van der Waals surface area contributed by atoms with E-state index in [1.807, 2.05) is 24.0 Å².